The number of nitrogens with zero attached hydrogens (tertiary/aromatic N) is 4. The second-order valence-corrected chi connectivity index (χ2v) is 5.26. The van der Waals surface area contributed by atoms with Gasteiger partial charge in [-0.05, 0) is 19.4 Å². The smallest absolute Gasteiger partial charge is 0.234 e. The Morgan fingerprint density at radius 2 is 2.19 bits per heavy atom. The lowest BCUT2D eigenvalue weighted by molar-refractivity contribution is 0.0970. The van der Waals surface area contributed by atoms with Crippen molar-refractivity contribution in [2.24, 2.45) is 4.99 Å². The van der Waals surface area contributed by atoms with Crippen molar-refractivity contribution in [3.05, 3.63) is 23.7 Å². The number of hydrogen-bond donors (Lipinski definition) is 1. The van der Waals surface area contributed by atoms with Crippen LogP contribution >= 0.6 is 0 Å². The van der Waals surface area contributed by atoms with E-state index in [0.717, 1.165) is 36.8 Å². The summed E-state index contributed by atoms with van der Waals surface area (Å²) in [5.41, 5.74) is 1.00. The third-order valence-electron chi connectivity index (χ3n) is 3.86. The molecule has 21 heavy (non-hydrogen) atoms. The molecule has 0 bridgehead atoms. The highest BCUT2D eigenvalue weighted by molar-refractivity contribution is 5.76. The number of aromatic nitrogens is 2. The number of likely N-dealkylation sites (tertiary alicyclic amines) is 1. The molecule has 1 aromatic heterocycles. The summed E-state index contributed by atoms with van der Waals surface area (Å²) in [7, 11) is 3.41. The van der Waals surface area contributed by atoms with Crippen LogP contribution in [0.1, 0.15) is 12.1 Å². The summed E-state index contributed by atoms with van der Waals surface area (Å²) >= 11 is 0. The zero-order valence-corrected chi connectivity index (χ0v) is 12.6. The number of aromatic amines is 1. The van der Waals surface area contributed by atoms with Gasteiger partial charge in [-0.15, -0.1) is 0 Å². The van der Waals surface area contributed by atoms with Crippen molar-refractivity contribution in [3.8, 4) is 0 Å². The number of rotatable bonds is 4. The Hall–Kier alpha value is -1.86. The van der Waals surface area contributed by atoms with Gasteiger partial charge in [0, 0.05) is 45.3 Å². The highest BCUT2D eigenvalue weighted by Gasteiger charge is 2.32. The summed E-state index contributed by atoms with van der Waals surface area (Å²) in [4.78, 5) is 8.65. The third-order valence-corrected chi connectivity index (χ3v) is 3.86. The van der Waals surface area contributed by atoms with Crippen LogP contribution in [0.4, 0.5) is 5.82 Å². The average molecular weight is 291 g/mol. The van der Waals surface area contributed by atoms with E-state index in [9.17, 15) is 0 Å². The van der Waals surface area contributed by atoms with Gasteiger partial charge in [-0.3, -0.25) is 10.00 Å². The molecule has 0 radical (unpaired) electrons. The van der Waals surface area contributed by atoms with Crippen LogP contribution in [-0.4, -0.2) is 61.1 Å². The molecule has 0 saturated carbocycles. The minimum Gasteiger partial charge on any atom is -0.380 e. The maximum absolute atomic E-state index is 5.49. The van der Waals surface area contributed by atoms with Crippen molar-refractivity contribution in [1.82, 2.24) is 15.1 Å². The van der Waals surface area contributed by atoms with Gasteiger partial charge in [0.2, 0.25) is 6.35 Å². The first kappa shape index (κ1) is 14.1. The van der Waals surface area contributed by atoms with Crippen LogP contribution in [0, 0.1) is 6.92 Å². The van der Waals surface area contributed by atoms with E-state index in [1.165, 1.54) is 0 Å². The monoisotopic (exact) mass is 291 g/mol. The molecule has 2 atom stereocenters. The van der Waals surface area contributed by atoms with Gasteiger partial charge in [0.15, 0.2) is 5.82 Å². The second kappa shape index (κ2) is 5.87. The standard InChI is InChI=1S/C14H21N5O2/c1-10-8-12(17-16-10)19-13(4-6-15-14(19)21-3)18-7-5-11(9-18)20-2/h4,6,8,11,14H,5,7,9H2,1-3H3,(H,16,17). The normalized spacial score (nSPS) is 25.6. The molecule has 7 heteroatoms. The molecule has 3 rings (SSSR count). The molecule has 2 aliphatic rings. The van der Waals surface area contributed by atoms with Crippen LogP contribution in [0.15, 0.2) is 23.0 Å². The maximum Gasteiger partial charge on any atom is 0.234 e. The molecule has 2 unspecified atom stereocenters. The molecule has 0 aliphatic carbocycles. The number of aryl methyl sites for hydroxylation is 1. The molecule has 1 aromatic rings. The second-order valence-electron chi connectivity index (χ2n) is 5.26. The Kier molecular flexibility index (Phi) is 3.94. The minimum absolute atomic E-state index is 0.272. The van der Waals surface area contributed by atoms with Gasteiger partial charge in [-0.2, -0.15) is 5.10 Å². The fraction of sp³-hybridized carbons (Fsp3) is 0.571. The van der Waals surface area contributed by atoms with Crippen LogP contribution in [0.3, 0.4) is 0 Å². The van der Waals surface area contributed by atoms with Crippen LogP contribution in [0.2, 0.25) is 0 Å². The van der Waals surface area contributed by atoms with E-state index < -0.39 is 6.35 Å². The summed E-state index contributed by atoms with van der Waals surface area (Å²) in [6, 6.07) is 1.99. The highest BCUT2D eigenvalue weighted by Crippen LogP contribution is 2.28. The van der Waals surface area contributed by atoms with Gasteiger partial charge in [0.05, 0.1) is 6.10 Å². The molecule has 0 aromatic carbocycles. The SMILES string of the molecule is COC1CCN(C2=CC=NC(OC)N2c2cc(C)[nH]n2)C1. The molecular weight excluding hydrogens is 270 g/mol. The number of nitrogens with one attached hydrogen (secondary N) is 1. The van der Waals surface area contributed by atoms with Crippen LogP contribution < -0.4 is 4.90 Å². The quantitative estimate of drug-likeness (QED) is 0.900. The highest BCUT2D eigenvalue weighted by atomic mass is 16.5. The van der Waals surface area contributed by atoms with E-state index in [1.54, 1.807) is 20.4 Å². The van der Waals surface area contributed by atoms with Gasteiger partial charge < -0.3 is 14.4 Å². The van der Waals surface area contributed by atoms with Crippen molar-refractivity contribution < 1.29 is 9.47 Å². The molecule has 1 fully saturated rings. The zero-order chi connectivity index (χ0) is 14.8. The molecule has 7 nitrogen and oxygen atoms in total. The van der Waals surface area contributed by atoms with Crippen LogP contribution in [0.25, 0.3) is 0 Å². The maximum atomic E-state index is 5.49. The van der Waals surface area contributed by atoms with Crippen LogP contribution in [-0.2, 0) is 9.47 Å². The Bertz CT molecular complexity index is 553. The first-order valence-electron chi connectivity index (χ1n) is 7.08. The van der Waals surface area contributed by atoms with E-state index in [-0.39, 0.29) is 6.10 Å². The Morgan fingerprint density at radius 3 is 2.81 bits per heavy atom. The zero-order valence-electron chi connectivity index (χ0n) is 12.6. The lowest BCUT2D eigenvalue weighted by Crippen LogP contribution is -2.43. The van der Waals surface area contributed by atoms with Crippen molar-refractivity contribution in [2.75, 3.05) is 32.2 Å². The fourth-order valence-electron chi connectivity index (χ4n) is 2.75. The largest absolute Gasteiger partial charge is 0.380 e. The fourth-order valence-corrected chi connectivity index (χ4v) is 2.75. The lowest BCUT2D eigenvalue weighted by atomic mass is 10.3. The number of H-pyrrole nitrogens is 1. The molecule has 0 amide bonds. The average Bonchev–Trinajstić information content (AvgIpc) is 3.15. The predicted octanol–water partition coefficient (Wildman–Crippen LogP) is 1.10. The van der Waals surface area contributed by atoms with Gasteiger partial charge in [0.25, 0.3) is 0 Å². The number of aliphatic imine (C=N–C) groups is 1. The topological polar surface area (TPSA) is 66.0 Å². The van der Waals surface area contributed by atoms with E-state index >= 15 is 0 Å². The molecular formula is C14H21N5O2. The summed E-state index contributed by atoms with van der Waals surface area (Å²) in [5.74, 6) is 1.85. The summed E-state index contributed by atoms with van der Waals surface area (Å²) < 4.78 is 10.9. The van der Waals surface area contributed by atoms with E-state index in [0.29, 0.717) is 0 Å². The number of hydrogen-bond acceptors (Lipinski definition) is 6. The van der Waals surface area contributed by atoms with Gasteiger partial charge in [-0.25, -0.2) is 4.99 Å². The first-order valence-corrected chi connectivity index (χ1v) is 7.08. The number of ether oxygens (including phenoxy) is 2. The molecule has 0 spiro atoms. The van der Waals surface area contributed by atoms with E-state index in [1.807, 2.05) is 24.0 Å². The molecule has 1 N–H and O–H groups in total. The summed E-state index contributed by atoms with van der Waals surface area (Å²) in [6.45, 7) is 3.80. The minimum atomic E-state index is -0.394. The molecule has 114 valence electrons. The van der Waals surface area contributed by atoms with Crippen molar-refractivity contribution in [3.63, 3.8) is 0 Å². The van der Waals surface area contributed by atoms with Gasteiger partial charge in [0.1, 0.15) is 5.82 Å². The number of allylic oxidation sites excluding steroid dienone is 1. The predicted molar refractivity (Wildman–Crippen MR) is 80.2 cm³/mol. The van der Waals surface area contributed by atoms with Crippen molar-refractivity contribution in [1.29, 1.82) is 0 Å². The third kappa shape index (κ3) is 2.66. The summed E-state index contributed by atoms with van der Waals surface area (Å²) in [6.07, 6.45) is 4.69. The number of methoxy groups -OCH3 is 2. The van der Waals surface area contributed by atoms with Crippen molar-refractivity contribution in [2.45, 2.75) is 25.8 Å². The van der Waals surface area contributed by atoms with E-state index in [2.05, 4.69) is 20.1 Å². The molecule has 1 saturated heterocycles. The lowest BCUT2D eigenvalue weighted by Gasteiger charge is -2.36. The Balaban J connectivity index is 1.89. The van der Waals surface area contributed by atoms with E-state index in [4.69, 9.17) is 9.47 Å². The van der Waals surface area contributed by atoms with Gasteiger partial charge in [-0.1, -0.05) is 0 Å². The first-order chi connectivity index (χ1) is 10.2. The number of anilines is 1. The Labute approximate surface area is 124 Å². The summed E-state index contributed by atoms with van der Waals surface area (Å²) in [5, 5.41) is 7.32. The molecule has 2 aliphatic heterocycles. The Morgan fingerprint density at radius 1 is 1.33 bits per heavy atom. The van der Waals surface area contributed by atoms with Crippen LogP contribution in [0.5, 0.6) is 0 Å². The van der Waals surface area contributed by atoms with Gasteiger partial charge >= 0.3 is 0 Å². The van der Waals surface area contributed by atoms with Crippen molar-refractivity contribution >= 4 is 12.0 Å². The molecule has 3 heterocycles.